The fourth-order valence-corrected chi connectivity index (χ4v) is 2.01. The Labute approximate surface area is 131 Å². The van der Waals surface area contributed by atoms with Crippen LogP contribution in [0.2, 0.25) is 0 Å². The zero-order valence-electron chi connectivity index (χ0n) is 12.5. The van der Waals surface area contributed by atoms with Gasteiger partial charge in [-0.2, -0.15) is 4.98 Å². The number of benzene rings is 1. The van der Waals surface area contributed by atoms with E-state index in [0.717, 1.165) is 5.56 Å². The Bertz CT molecular complexity index is 806. The van der Waals surface area contributed by atoms with Crippen LogP contribution in [0.1, 0.15) is 35.0 Å². The van der Waals surface area contributed by atoms with E-state index in [2.05, 4.69) is 15.3 Å². The molecule has 0 saturated heterocycles. The highest BCUT2D eigenvalue weighted by Crippen LogP contribution is 2.23. The van der Waals surface area contributed by atoms with Gasteiger partial charge in [0, 0.05) is 5.56 Å². The Kier molecular flexibility index (Phi) is 3.80. The maximum Gasteiger partial charge on any atom is 0.346 e. The molecule has 0 spiro atoms. The number of ether oxygens (including phenoxy) is 1. The van der Waals surface area contributed by atoms with Crippen molar-refractivity contribution in [3.05, 3.63) is 47.5 Å². The third-order valence-corrected chi connectivity index (χ3v) is 3.20. The molecule has 118 valence electrons. The summed E-state index contributed by atoms with van der Waals surface area (Å²) in [5, 5.41) is 7.49. The number of anilines is 1. The van der Waals surface area contributed by atoms with Gasteiger partial charge < -0.3 is 19.5 Å². The quantitative estimate of drug-likeness (QED) is 0.730. The number of carbonyl (C=O) groups is 1. The van der Waals surface area contributed by atoms with Gasteiger partial charge in [-0.3, -0.25) is 0 Å². The summed E-state index contributed by atoms with van der Waals surface area (Å²) < 4.78 is 15.2. The number of nitrogens with two attached hydrogens (primary N) is 1. The zero-order valence-corrected chi connectivity index (χ0v) is 12.5. The average molecular weight is 314 g/mol. The van der Waals surface area contributed by atoms with Gasteiger partial charge in [-0.05, 0) is 13.8 Å². The van der Waals surface area contributed by atoms with Crippen molar-refractivity contribution in [2.45, 2.75) is 20.0 Å². The predicted octanol–water partition coefficient (Wildman–Crippen LogP) is 2.53. The monoisotopic (exact) mass is 314 g/mol. The van der Waals surface area contributed by atoms with Gasteiger partial charge in [-0.1, -0.05) is 40.6 Å². The minimum absolute atomic E-state index is 0.0878. The van der Waals surface area contributed by atoms with E-state index in [0.29, 0.717) is 11.5 Å². The number of rotatable bonds is 4. The fraction of sp³-hybridized carbons (Fsp3) is 0.200. The first-order valence-electron chi connectivity index (χ1n) is 6.88. The predicted molar refractivity (Wildman–Crippen MR) is 79.2 cm³/mol. The van der Waals surface area contributed by atoms with E-state index in [-0.39, 0.29) is 17.3 Å². The van der Waals surface area contributed by atoms with Crippen LogP contribution in [0.3, 0.4) is 0 Å². The molecule has 2 N–H and O–H groups in total. The Morgan fingerprint density at radius 1 is 1.22 bits per heavy atom. The normalized spacial score (nSPS) is 12.1. The SMILES string of the molecule is Cc1noc(N)c1C(=O)O[C@@H](C)c1nc(-c2ccccc2)no1. The van der Waals surface area contributed by atoms with Gasteiger partial charge in [-0.25, -0.2) is 4.79 Å². The lowest BCUT2D eigenvalue weighted by molar-refractivity contribution is 0.0265. The highest BCUT2D eigenvalue weighted by atomic mass is 16.6. The number of nitrogen functional groups attached to an aromatic ring is 1. The largest absolute Gasteiger partial charge is 0.449 e. The van der Waals surface area contributed by atoms with Crippen LogP contribution in [0.4, 0.5) is 5.88 Å². The molecular weight excluding hydrogens is 300 g/mol. The molecule has 0 unspecified atom stereocenters. The summed E-state index contributed by atoms with van der Waals surface area (Å²) in [5.41, 5.74) is 6.81. The first-order chi connectivity index (χ1) is 11.1. The van der Waals surface area contributed by atoms with Crippen molar-refractivity contribution >= 4 is 11.9 Å². The van der Waals surface area contributed by atoms with Gasteiger partial charge in [0.15, 0.2) is 6.10 Å². The number of carbonyl (C=O) groups excluding carboxylic acids is 1. The molecule has 0 fully saturated rings. The molecule has 0 saturated carbocycles. The van der Waals surface area contributed by atoms with Gasteiger partial charge in [0.2, 0.25) is 11.7 Å². The van der Waals surface area contributed by atoms with Crippen molar-refractivity contribution in [1.82, 2.24) is 15.3 Å². The lowest BCUT2D eigenvalue weighted by Crippen LogP contribution is -2.11. The van der Waals surface area contributed by atoms with Crippen molar-refractivity contribution in [2.75, 3.05) is 5.73 Å². The number of hydrogen-bond acceptors (Lipinski definition) is 8. The van der Waals surface area contributed by atoms with Crippen LogP contribution < -0.4 is 5.73 Å². The Balaban J connectivity index is 1.75. The molecule has 2 heterocycles. The van der Waals surface area contributed by atoms with Gasteiger partial charge in [-0.15, -0.1) is 0 Å². The van der Waals surface area contributed by atoms with Crippen LogP contribution >= 0.6 is 0 Å². The Hall–Kier alpha value is -3.16. The molecule has 0 aliphatic rings. The molecule has 0 amide bonds. The van der Waals surface area contributed by atoms with Crippen LogP contribution in [0.15, 0.2) is 39.4 Å². The summed E-state index contributed by atoms with van der Waals surface area (Å²) in [5.74, 6) is -0.141. The molecule has 3 aromatic rings. The highest BCUT2D eigenvalue weighted by Gasteiger charge is 2.25. The number of aromatic nitrogens is 3. The molecule has 3 rings (SSSR count). The van der Waals surface area contributed by atoms with Crippen molar-refractivity contribution in [3.8, 4) is 11.4 Å². The fourth-order valence-electron chi connectivity index (χ4n) is 2.01. The summed E-state index contributed by atoms with van der Waals surface area (Å²) in [6, 6.07) is 9.33. The van der Waals surface area contributed by atoms with Crippen molar-refractivity contribution in [2.24, 2.45) is 0 Å². The lowest BCUT2D eigenvalue weighted by atomic mass is 10.2. The molecule has 2 aromatic heterocycles. The van der Waals surface area contributed by atoms with Crippen molar-refractivity contribution < 1.29 is 18.6 Å². The molecule has 1 atom stereocenters. The van der Waals surface area contributed by atoms with E-state index >= 15 is 0 Å². The van der Waals surface area contributed by atoms with E-state index in [4.69, 9.17) is 19.5 Å². The molecule has 8 nitrogen and oxygen atoms in total. The van der Waals surface area contributed by atoms with E-state index in [1.807, 2.05) is 30.3 Å². The maximum atomic E-state index is 12.1. The second-order valence-electron chi connectivity index (χ2n) is 4.88. The number of esters is 1. The van der Waals surface area contributed by atoms with Crippen LogP contribution in [0, 0.1) is 6.92 Å². The number of nitrogens with zero attached hydrogens (tertiary/aromatic N) is 3. The molecule has 1 aromatic carbocycles. The molecule has 8 heteroatoms. The third kappa shape index (κ3) is 2.91. The molecule has 0 bridgehead atoms. The molecule has 0 aliphatic carbocycles. The second-order valence-corrected chi connectivity index (χ2v) is 4.88. The standard InChI is InChI=1S/C15H14N4O4/c1-8-11(12(16)22-18-8)15(20)21-9(2)14-17-13(19-23-14)10-6-4-3-5-7-10/h3-7,9H,16H2,1-2H3/t9-/m0/s1. The molecule has 23 heavy (non-hydrogen) atoms. The first-order valence-corrected chi connectivity index (χ1v) is 6.88. The zero-order chi connectivity index (χ0) is 16.4. The number of aryl methyl sites for hydroxylation is 1. The highest BCUT2D eigenvalue weighted by molar-refractivity contribution is 5.94. The van der Waals surface area contributed by atoms with Crippen LogP contribution in [0.5, 0.6) is 0 Å². The van der Waals surface area contributed by atoms with Gasteiger partial charge in [0.25, 0.3) is 5.89 Å². The van der Waals surface area contributed by atoms with E-state index in [9.17, 15) is 4.79 Å². The number of hydrogen-bond donors (Lipinski definition) is 1. The summed E-state index contributed by atoms with van der Waals surface area (Å²) >= 11 is 0. The van der Waals surface area contributed by atoms with Gasteiger partial charge >= 0.3 is 5.97 Å². The van der Waals surface area contributed by atoms with Gasteiger partial charge in [0.05, 0.1) is 5.69 Å². The molecular formula is C15H14N4O4. The topological polar surface area (TPSA) is 117 Å². The van der Waals surface area contributed by atoms with Crippen molar-refractivity contribution in [1.29, 1.82) is 0 Å². The Morgan fingerprint density at radius 3 is 2.61 bits per heavy atom. The molecule has 0 aliphatic heterocycles. The van der Waals surface area contributed by atoms with E-state index < -0.39 is 12.1 Å². The average Bonchev–Trinajstić information content (AvgIpc) is 3.15. The third-order valence-electron chi connectivity index (χ3n) is 3.20. The Morgan fingerprint density at radius 2 is 1.96 bits per heavy atom. The summed E-state index contributed by atoms with van der Waals surface area (Å²) in [7, 11) is 0. The summed E-state index contributed by atoms with van der Waals surface area (Å²) in [4.78, 5) is 16.4. The first kappa shape index (κ1) is 14.8. The minimum Gasteiger partial charge on any atom is -0.449 e. The van der Waals surface area contributed by atoms with Crippen LogP contribution in [-0.4, -0.2) is 21.3 Å². The lowest BCUT2D eigenvalue weighted by Gasteiger charge is -2.08. The van der Waals surface area contributed by atoms with Crippen molar-refractivity contribution in [3.63, 3.8) is 0 Å². The van der Waals surface area contributed by atoms with Crippen LogP contribution in [0.25, 0.3) is 11.4 Å². The molecule has 0 radical (unpaired) electrons. The smallest absolute Gasteiger partial charge is 0.346 e. The van der Waals surface area contributed by atoms with E-state index in [1.54, 1.807) is 13.8 Å². The maximum absolute atomic E-state index is 12.1. The minimum atomic E-state index is -0.735. The summed E-state index contributed by atoms with van der Waals surface area (Å²) in [6.45, 7) is 3.22. The van der Waals surface area contributed by atoms with E-state index in [1.165, 1.54) is 0 Å². The second kappa shape index (κ2) is 5.91. The van der Waals surface area contributed by atoms with Gasteiger partial charge in [0.1, 0.15) is 5.56 Å². The van der Waals surface area contributed by atoms with Crippen LogP contribution in [-0.2, 0) is 4.74 Å². The summed E-state index contributed by atoms with van der Waals surface area (Å²) in [6.07, 6.45) is -0.735.